The Morgan fingerprint density at radius 2 is 0.677 bits per heavy atom. The topological polar surface area (TPSA) is 103 Å². The Bertz CT molecular complexity index is 2210. The molecule has 6 aromatic carbocycles. The highest BCUT2D eigenvalue weighted by Crippen LogP contribution is 2.35. The molecule has 2 aliphatic rings. The number of hydrogen-bond acceptors (Lipinski definition) is 10. The van der Waals surface area contributed by atoms with Crippen molar-refractivity contribution in [3.63, 3.8) is 0 Å². The molecule has 65 heavy (non-hydrogen) atoms. The first-order chi connectivity index (χ1) is 32.1. The van der Waals surface area contributed by atoms with Gasteiger partial charge in [-0.2, -0.15) is 0 Å². The van der Waals surface area contributed by atoms with Crippen LogP contribution in [0.15, 0.2) is 182 Å². The van der Waals surface area contributed by atoms with Crippen LogP contribution < -0.4 is 0 Å². The van der Waals surface area contributed by atoms with Crippen molar-refractivity contribution in [2.45, 2.75) is 98.9 Å². The number of halogens is 1. The molecular weight excluding hydrogens is 935 g/mol. The molecule has 0 unspecified atom stereocenters. The summed E-state index contributed by atoms with van der Waals surface area (Å²) in [6.07, 6.45) is -6.84. The predicted molar refractivity (Wildman–Crippen MR) is 254 cm³/mol. The van der Waals surface area contributed by atoms with Crippen LogP contribution in [0.4, 0.5) is 0 Å². The van der Waals surface area contributed by atoms with E-state index < -0.39 is 55.3 Å². The van der Waals surface area contributed by atoms with Crippen LogP contribution in [0.25, 0.3) is 0 Å². The van der Waals surface area contributed by atoms with E-state index in [0.29, 0.717) is 19.8 Å². The van der Waals surface area contributed by atoms with Crippen molar-refractivity contribution in [2.24, 2.45) is 0 Å². The number of alkyl halides is 1. The molecule has 0 bridgehead atoms. The van der Waals surface area contributed by atoms with Gasteiger partial charge in [-0.15, -0.1) is 0 Å². The lowest BCUT2D eigenvalue weighted by Gasteiger charge is -2.46. The molecule has 0 radical (unpaired) electrons. The van der Waals surface area contributed by atoms with Gasteiger partial charge in [0.1, 0.15) is 42.7 Å². The zero-order chi connectivity index (χ0) is 44.5. The second-order valence-electron chi connectivity index (χ2n) is 16.2. The van der Waals surface area contributed by atoms with Gasteiger partial charge in [0.15, 0.2) is 12.6 Å². The molecule has 2 heterocycles. The number of benzene rings is 6. The maximum atomic E-state index is 11.8. The van der Waals surface area contributed by atoms with Crippen LogP contribution >= 0.6 is 22.6 Å². The monoisotopic (exact) mass is 992 g/mol. The number of rotatable bonds is 22. The first-order valence-corrected chi connectivity index (χ1v) is 23.5. The summed E-state index contributed by atoms with van der Waals surface area (Å²) >= 11 is 2.36. The van der Waals surface area contributed by atoms with Crippen molar-refractivity contribution in [2.75, 3.05) is 13.2 Å². The summed E-state index contributed by atoms with van der Waals surface area (Å²) in [4.78, 5) is 0. The third-order valence-electron chi connectivity index (χ3n) is 11.4. The summed E-state index contributed by atoms with van der Waals surface area (Å²) in [6, 6.07) is 59.9. The average Bonchev–Trinajstić information content (AvgIpc) is 3.36. The van der Waals surface area contributed by atoms with Gasteiger partial charge >= 0.3 is 0 Å². The maximum absolute atomic E-state index is 11.8. The minimum atomic E-state index is -1.36. The standard InChI is InChI=1S/C54H57IO10/c55-47-50(60-34-42-25-13-4-14-26-42)48(58-32-40-21-9-2-10-22-40)45(37-57-31-39-19-7-1-8-20-39)65-54(47)63-38-46-49(59-33-41-23-11-3-12-24-41)51(61-35-43-27-15-5-16-28-43)52(53(56)64-46)62-36-44-29-17-6-18-30-44/h1-30,45-54,56H,31-38H2/t45-,46-,47-,48-,49-,50-,51+,52-,53+,54+/m1/s1. The third-order valence-corrected chi connectivity index (χ3v) is 12.7. The maximum Gasteiger partial charge on any atom is 0.184 e. The molecule has 10 atom stereocenters. The van der Waals surface area contributed by atoms with Gasteiger partial charge in [0.2, 0.25) is 0 Å². The summed E-state index contributed by atoms with van der Waals surface area (Å²) < 4.78 is 59.6. The first kappa shape index (κ1) is 47.2. The lowest BCUT2D eigenvalue weighted by molar-refractivity contribution is -0.329. The molecule has 0 aliphatic carbocycles. The van der Waals surface area contributed by atoms with Gasteiger partial charge in [-0.3, -0.25) is 0 Å². The van der Waals surface area contributed by atoms with E-state index in [1.54, 1.807) is 0 Å². The largest absolute Gasteiger partial charge is 0.374 e. The minimum Gasteiger partial charge on any atom is -0.374 e. The Hall–Kier alpha value is -4.35. The van der Waals surface area contributed by atoms with Crippen LogP contribution in [0.2, 0.25) is 0 Å². The van der Waals surface area contributed by atoms with Crippen molar-refractivity contribution in [1.82, 2.24) is 0 Å². The molecule has 0 saturated carbocycles. The number of aliphatic hydroxyl groups excluding tert-OH is 1. The van der Waals surface area contributed by atoms with E-state index in [9.17, 15) is 5.11 Å². The molecule has 11 heteroatoms. The van der Waals surface area contributed by atoms with Crippen LogP contribution in [-0.2, 0) is 82.3 Å². The van der Waals surface area contributed by atoms with Gasteiger partial charge in [0.25, 0.3) is 0 Å². The van der Waals surface area contributed by atoms with Crippen LogP contribution in [0, 0.1) is 0 Å². The molecule has 2 aliphatic heterocycles. The lowest BCUT2D eigenvalue weighted by Crippen LogP contribution is -2.62. The predicted octanol–water partition coefficient (Wildman–Crippen LogP) is 9.39. The molecule has 2 fully saturated rings. The van der Waals surface area contributed by atoms with Gasteiger partial charge in [-0.25, -0.2) is 0 Å². The van der Waals surface area contributed by atoms with E-state index in [-0.39, 0.29) is 37.0 Å². The molecule has 10 nitrogen and oxygen atoms in total. The molecule has 0 aromatic heterocycles. The number of hydrogen-bond donors (Lipinski definition) is 1. The van der Waals surface area contributed by atoms with E-state index >= 15 is 0 Å². The van der Waals surface area contributed by atoms with Crippen LogP contribution in [0.5, 0.6) is 0 Å². The number of aliphatic hydroxyl groups is 1. The fourth-order valence-electron chi connectivity index (χ4n) is 8.01. The first-order valence-electron chi connectivity index (χ1n) is 22.2. The van der Waals surface area contributed by atoms with E-state index in [0.717, 1.165) is 33.4 Å². The van der Waals surface area contributed by atoms with E-state index in [2.05, 4.69) is 22.6 Å². The molecule has 1 N–H and O–H groups in total. The van der Waals surface area contributed by atoms with Crippen molar-refractivity contribution in [3.8, 4) is 0 Å². The van der Waals surface area contributed by atoms with Crippen molar-refractivity contribution in [3.05, 3.63) is 215 Å². The van der Waals surface area contributed by atoms with E-state index in [1.807, 2.05) is 182 Å². The molecular formula is C54H57IO10. The van der Waals surface area contributed by atoms with Gasteiger partial charge in [-0.05, 0) is 33.4 Å². The normalized spacial score (nSPS) is 25.6. The highest BCUT2D eigenvalue weighted by Gasteiger charge is 2.51. The fraction of sp³-hybridized carbons (Fsp3) is 0.333. The van der Waals surface area contributed by atoms with Gasteiger partial charge in [0, 0.05) is 0 Å². The summed E-state index contributed by atoms with van der Waals surface area (Å²) in [5.41, 5.74) is 6.01. The minimum absolute atomic E-state index is 0.00414. The smallest absolute Gasteiger partial charge is 0.184 e. The Morgan fingerprint density at radius 1 is 0.354 bits per heavy atom. The average molecular weight is 993 g/mol. The second kappa shape index (κ2) is 25.0. The van der Waals surface area contributed by atoms with Gasteiger partial charge < -0.3 is 47.7 Å². The number of ether oxygens (including phenoxy) is 9. The molecule has 8 rings (SSSR count). The quantitative estimate of drug-likeness (QED) is 0.0523. The second-order valence-corrected chi connectivity index (χ2v) is 17.6. The Kier molecular flexibility index (Phi) is 18.1. The summed E-state index contributed by atoms with van der Waals surface area (Å²) in [5.74, 6) is 0. The van der Waals surface area contributed by atoms with E-state index in [1.165, 1.54) is 0 Å². The van der Waals surface area contributed by atoms with Crippen molar-refractivity contribution < 1.29 is 47.7 Å². The molecule has 0 amide bonds. The molecule has 0 spiro atoms. The summed E-state index contributed by atoms with van der Waals surface area (Å²) in [6.45, 7) is 2.10. The van der Waals surface area contributed by atoms with Crippen LogP contribution in [0.3, 0.4) is 0 Å². The molecule has 2 saturated heterocycles. The van der Waals surface area contributed by atoms with Crippen molar-refractivity contribution >= 4 is 22.6 Å². The van der Waals surface area contributed by atoms with E-state index in [4.69, 9.17) is 42.6 Å². The van der Waals surface area contributed by atoms with Crippen LogP contribution in [0.1, 0.15) is 33.4 Å². The lowest BCUT2D eigenvalue weighted by atomic mass is 9.97. The Labute approximate surface area is 395 Å². The van der Waals surface area contributed by atoms with Gasteiger partial charge in [-0.1, -0.05) is 205 Å². The third kappa shape index (κ3) is 13.8. The van der Waals surface area contributed by atoms with Crippen molar-refractivity contribution in [1.29, 1.82) is 0 Å². The van der Waals surface area contributed by atoms with Crippen LogP contribution in [-0.4, -0.2) is 77.6 Å². The summed E-state index contributed by atoms with van der Waals surface area (Å²) in [7, 11) is 0. The SMILES string of the molecule is O[C@H]1O[C@H](CO[C@H]2O[C@H](COCc3ccccc3)[C@@H](OCc3ccccc3)[C@H](OCc3ccccc3)[C@H]2I)[C@@H](OCc2ccccc2)[C@H](OCc2ccccc2)[C@H]1OCc1ccccc1. The zero-order valence-electron chi connectivity index (χ0n) is 36.3. The zero-order valence-corrected chi connectivity index (χ0v) is 38.4. The highest BCUT2D eigenvalue weighted by atomic mass is 127. The Balaban J connectivity index is 1.05. The summed E-state index contributed by atoms with van der Waals surface area (Å²) in [5, 5.41) is 11.8. The molecule has 6 aromatic rings. The Morgan fingerprint density at radius 3 is 1.09 bits per heavy atom. The highest BCUT2D eigenvalue weighted by molar-refractivity contribution is 14.1. The van der Waals surface area contributed by atoms with Gasteiger partial charge in [0.05, 0.1) is 56.8 Å². The molecule has 340 valence electrons. The fourth-order valence-corrected chi connectivity index (χ4v) is 9.01.